The van der Waals surface area contributed by atoms with Gasteiger partial charge in [0.15, 0.2) is 9.84 Å². The first-order valence-electron chi connectivity index (χ1n) is 2.42. The minimum absolute atomic E-state index is 0.175. The van der Waals surface area contributed by atoms with Crippen molar-refractivity contribution in [1.29, 1.82) is 0 Å². The molecule has 1 rings (SSSR count). The van der Waals surface area contributed by atoms with Crippen molar-refractivity contribution in [3.63, 3.8) is 0 Å². The van der Waals surface area contributed by atoms with E-state index >= 15 is 0 Å². The lowest BCUT2D eigenvalue weighted by Gasteiger charge is -1.95. The highest BCUT2D eigenvalue weighted by Crippen LogP contribution is 2.09. The third-order valence-corrected chi connectivity index (χ3v) is 3.05. The molecule has 45 valence electrons. The van der Waals surface area contributed by atoms with Crippen LogP contribution in [0.4, 0.5) is 0 Å². The molecule has 0 saturated heterocycles. The fourth-order valence-corrected chi connectivity index (χ4v) is 1.50. The van der Waals surface area contributed by atoms with Crippen LogP contribution in [0.25, 0.3) is 0 Å². The van der Waals surface area contributed by atoms with Crippen LogP contribution in [0, 0.1) is 6.08 Å². The zero-order valence-corrected chi connectivity index (χ0v) is 5.40. The summed E-state index contributed by atoms with van der Waals surface area (Å²) in [4.78, 5) is 0. The maximum atomic E-state index is 10.7. The molecule has 0 N–H and O–H groups in total. The van der Waals surface area contributed by atoms with E-state index in [1.54, 1.807) is 13.0 Å². The van der Waals surface area contributed by atoms with E-state index in [9.17, 15) is 8.42 Å². The summed E-state index contributed by atoms with van der Waals surface area (Å²) in [6.07, 6.45) is 4.27. The maximum absolute atomic E-state index is 10.7. The van der Waals surface area contributed by atoms with Crippen LogP contribution in [0.5, 0.6) is 0 Å². The lowest BCUT2D eigenvalue weighted by Crippen LogP contribution is -2.11. The molecule has 0 aromatic heterocycles. The van der Waals surface area contributed by atoms with E-state index in [1.807, 2.05) is 0 Å². The number of hydrogen-bond acceptors (Lipinski definition) is 2. The topological polar surface area (TPSA) is 34.1 Å². The first kappa shape index (κ1) is 5.82. The zero-order chi connectivity index (χ0) is 6.20. The predicted molar refractivity (Wildman–Crippen MR) is 31.1 cm³/mol. The molecule has 0 aromatic carbocycles. The van der Waals surface area contributed by atoms with E-state index in [0.29, 0.717) is 0 Å². The predicted octanol–water partition coefficient (Wildman–Crippen LogP) is 0.163. The first-order chi connectivity index (χ1) is 3.63. The summed E-state index contributed by atoms with van der Waals surface area (Å²) < 4.78 is 21.3. The fourth-order valence-electron chi connectivity index (χ4n) is 0.578. The molecule has 1 atom stereocenters. The molecule has 1 radical (unpaired) electrons. The first-order valence-corrected chi connectivity index (χ1v) is 4.14. The van der Waals surface area contributed by atoms with Gasteiger partial charge in [-0.05, 0) is 13.0 Å². The molecule has 1 unspecified atom stereocenters. The van der Waals surface area contributed by atoms with Gasteiger partial charge in [0.2, 0.25) is 0 Å². The molecule has 1 aliphatic heterocycles. The van der Waals surface area contributed by atoms with Crippen molar-refractivity contribution in [2.45, 2.75) is 12.2 Å². The average molecular weight is 131 g/mol. The van der Waals surface area contributed by atoms with Crippen molar-refractivity contribution in [3.8, 4) is 0 Å². The van der Waals surface area contributed by atoms with Gasteiger partial charge in [-0.15, -0.1) is 0 Å². The molecule has 1 aliphatic rings. The van der Waals surface area contributed by atoms with Crippen LogP contribution in [-0.2, 0) is 9.84 Å². The van der Waals surface area contributed by atoms with E-state index in [-0.39, 0.29) is 11.0 Å². The number of sulfone groups is 1. The van der Waals surface area contributed by atoms with Crippen molar-refractivity contribution in [2.75, 3.05) is 5.75 Å². The molecule has 0 saturated carbocycles. The van der Waals surface area contributed by atoms with Crippen molar-refractivity contribution < 1.29 is 8.42 Å². The van der Waals surface area contributed by atoms with Gasteiger partial charge in [0.05, 0.1) is 11.0 Å². The maximum Gasteiger partial charge on any atom is 0.160 e. The molecule has 3 heteroatoms. The Labute approximate surface area is 49.1 Å². The van der Waals surface area contributed by atoms with Crippen LogP contribution in [0.1, 0.15) is 6.92 Å². The van der Waals surface area contributed by atoms with E-state index in [0.717, 1.165) is 0 Å². The fraction of sp³-hybridized carbons (Fsp3) is 0.600. The second-order valence-electron chi connectivity index (χ2n) is 1.84. The van der Waals surface area contributed by atoms with Crippen LogP contribution in [0.3, 0.4) is 0 Å². The highest BCUT2D eigenvalue weighted by atomic mass is 32.2. The standard InChI is InChI=1S/C5H7O2S/c1-5-3-2-4-8(5,6)7/h2,5H,4H2,1H3. The summed E-state index contributed by atoms with van der Waals surface area (Å²) in [7, 11) is -2.79. The van der Waals surface area contributed by atoms with Crippen molar-refractivity contribution in [1.82, 2.24) is 0 Å². The minimum Gasteiger partial charge on any atom is -0.228 e. The monoisotopic (exact) mass is 131 g/mol. The van der Waals surface area contributed by atoms with Crippen LogP contribution >= 0.6 is 0 Å². The van der Waals surface area contributed by atoms with Gasteiger partial charge in [-0.2, -0.15) is 0 Å². The van der Waals surface area contributed by atoms with Crippen LogP contribution < -0.4 is 0 Å². The van der Waals surface area contributed by atoms with E-state index in [1.165, 1.54) is 0 Å². The SMILES string of the molecule is CC1[C]=CCS1(=O)=O. The molecule has 0 bridgehead atoms. The van der Waals surface area contributed by atoms with Gasteiger partial charge in [-0.3, -0.25) is 0 Å². The van der Waals surface area contributed by atoms with Crippen molar-refractivity contribution in [2.24, 2.45) is 0 Å². The van der Waals surface area contributed by atoms with E-state index in [4.69, 9.17) is 0 Å². The lowest BCUT2D eigenvalue weighted by atomic mass is 10.4. The molecule has 0 amide bonds. The molecule has 8 heavy (non-hydrogen) atoms. The Hall–Kier alpha value is -0.310. The highest BCUT2D eigenvalue weighted by Gasteiger charge is 2.21. The largest absolute Gasteiger partial charge is 0.228 e. The lowest BCUT2D eigenvalue weighted by molar-refractivity contribution is 0.596. The summed E-state index contributed by atoms with van der Waals surface area (Å²) in [6, 6.07) is 0. The summed E-state index contributed by atoms with van der Waals surface area (Å²) in [5.74, 6) is 0.175. The number of rotatable bonds is 0. The third-order valence-electron chi connectivity index (χ3n) is 1.21. The second-order valence-corrected chi connectivity index (χ2v) is 4.21. The quantitative estimate of drug-likeness (QED) is 0.469. The minimum atomic E-state index is -2.79. The van der Waals surface area contributed by atoms with Gasteiger partial charge >= 0.3 is 0 Å². The Morgan fingerprint density at radius 1 is 1.75 bits per heavy atom. The molecular formula is C5H7O2S. The highest BCUT2D eigenvalue weighted by molar-refractivity contribution is 7.92. The summed E-state index contributed by atoms with van der Waals surface area (Å²) >= 11 is 0. The molecule has 0 fully saturated rings. The average Bonchev–Trinajstić information content (AvgIpc) is 1.86. The molecular weight excluding hydrogens is 124 g/mol. The van der Waals surface area contributed by atoms with E-state index in [2.05, 4.69) is 6.08 Å². The van der Waals surface area contributed by atoms with Crippen molar-refractivity contribution in [3.05, 3.63) is 12.2 Å². The van der Waals surface area contributed by atoms with Crippen LogP contribution in [0.2, 0.25) is 0 Å². The molecule has 2 nitrogen and oxygen atoms in total. The molecule has 0 spiro atoms. The zero-order valence-electron chi connectivity index (χ0n) is 4.59. The van der Waals surface area contributed by atoms with Gasteiger partial charge in [-0.1, -0.05) is 6.08 Å². The molecule has 0 aromatic rings. The van der Waals surface area contributed by atoms with Crippen LogP contribution in [0.15, 0.2) is 6.08 Å². The Morgan fingerprint density at radius 3 is 2.50 bits per heavy atom. The Morgan fingerprint density at radius 2 is 2.38 bits per heavy atom. The van der Waals surface area contributed by atoms with E-state index < -0.39 is 9.84 Å². The number of hydrogen-bond donors (Lipinski definition) is 0. The molecule has 0 aliphatic carbocycles. The second kappa shape index (κ2) is 1.58. The van der Waals surface area contributed by atoms with Gasteiger partial charge in [0.1, 0.15) is 0 Å². The molecule has 1 heterocycles. The third kappa shape index (κ3) is 0.777. The van der Waals surface area contributed by atoms with Crippen molar-refractivity contribution >= 4 is 9.84 Å². The Bertz CT molecular complexity index is 200. The summed E-state index contributed by atoms with van der Waals surface area (Å²) in [5, 5.41) is -0.373. The Kier molecular flexibility index (Phi) is 1.15. The summed E-state index contributed by atoms with van der Waals surface area (Å²) in [5.41, 5.74) is 0. The van der Waals surface area contributed by atoms with Gasteiger partial charge in [0, 0.05) is 0 Å². The van der Waals surface area contributed by atoms with Gasteiger partial charge < -0.3 is 0 Å². The smallest absolute Gasteiger partial charge is 0.160 e. The van der Waals surface area contributed by atoms with Gasteiger partial charge in [-0.25, -0.2) is 8.42 Å². The Balaban J connectivity index is 2.96. The summed E-state index contributed by atoms with van der Waals surface area (Å²) in [6.45, 7) is 1.64. The van der Waals surface area contributed by atoms with Gasteiger partial charge in [0.25, 0.3) is 0 Å². The van der Waals surface area contributed by atoms with Crippen LogP contribution in [-0.4, -0.2) is 19.4 Å². The normalized spacial score (nSPS) is 33.4.